The first-order chi connectivity index (χ1) is 26.0. The lowest BCUT2D eigenvalue weighted by Gasteiger charge is -2.58. The zero-order valence-corrected chi connectivity index (χ0v) is 30.9. The summed E-state index contributed by atoms with van der Waals surface area (Å²) in [4.78, 5) is 31.4. The second kappa shape index (κ2) is 13.6. The van der Waals surface area contributed by atoms with Gasteiger partial charge >= 0.3 is 0 Å². The number of benzene rings is 1. The first kappa shape index (κ1) is 35.6. The van der Waals surface area contributed by atoms with Crippen LogP contribution in [0, 0.1) is 16.6 Å². The van der Waals surface area contributed by atoms with Crippen molar-refractivity contribution in [2.45, 2.75) is 83.0 Å². The van der Waals surface area contributed by atoms with Crippen molar-refractivity contribution in [2.75, 3.05) is 63.9 Å². The summed E-state index contributed by atoms with van der Waals surface area (Å²) >= 11 is 0. The number of aromatic nitrogens is 4. The van der Waals surface area contributed by atoms with Crippen molar-refractivity contribution in [3.8, 4) is 17.4 Å². The summed E-state index contributed by atoms with van der Waals surface area (Å²) in [5.41, 5.74) is 2.82. The quantitative estimate of drug-likeness (QED) is 0.251. The van der Waals surface area contributed by atoms with Crippen molar-refractivity contribution >= 4 is 11.7 Å². The number of alkyl halides is 2. The maximum absolute atomic E-state index is 14.5. The highest BCUT2D eigenvalue weighted by Crippen LogP contribution is 2.52. The van der Waals surface area contributed by atoms with Crippen LogP contribution in [0.1, 0.15) is 67.6 Å². The van der Waals surface area contributed by atoms with E-state index in [2.05, 4.69) is 29.9 Å². The number of ether oxygens (including phenoxy) is 3. The van der Waals surface area contributed by atoms with Gasteiger partial charge in [-0.2, -0.15) is 0 Å². The highest BCUT2D eigenvalue weighted by Gasteiger charge is 2.55. The summed E-state index contributed by atoms with van der Waals surface area (Å²) in [5.74, 6) is -2.48. The third-order valence-electron chi connectivity index (χ3n) is 12.2. The monoisotopic (exact) mass is 748 g/mol. The van der Waals surface area contributed by atoms with Gasteiger partial charge in [0.25, 0.3) is 17.7 Å². The van der Waals surface area contributed by atoms with Gasteiger partial charge in [0.15, 0.2) is 5.82 Å². The lowest BCUT2D eigenvalue weighted by Crippen LogP contribution is -2.65. The smallest absolute Gasteiger partial charge is 0.282 e. The molecule has 3 saturated heterocycles. The lowest BCUT2D eigenvalue weighted by molar-refractivity contribution is -0.188. The molecule has 54 heavy (non-hydrogen) atoms. The molecule has 2 saturated carbocycles. The molecule has 6 aliphatic rings. The number of nitrogens with zero attached hydrogens (tertiary/aromatic N) is 8. The van der Waals surface area contributed by atoms with E-state index < -0.39 is 36.5 Å². The number of anilines is 1. The first-order valence-electron chi connectivity index (χ1n) is 19.2. The van der Waals surface area contributed by atoms with Gasteiger partial charge in [0.05, 0.1) is 18.8 Å². The van der Waals surface area contributed by atoms with Crippen molar-refractivity contribution in [2.24, 2.45) is 10.8 Å². The minimum atomic E-state index is -2.81. The fraction of sp³-hybridized carbons (Fsp3) is 0.615. The van der Waals surface area contributed by atoms with Crippen LogP contribution in [0.25, 0.3) is 0 Å². The van der Waals surface area contributed by atoms with Crippen LogP contribution in [0.3, 0.4) is 0 Å². The minimum absolute atomic E-state index is 0.0572. The maximum Gasteiger partial charge on any atom is 0.282 e. The van der Waals surface area contributed by atoms with E-state index in [-0.39, 0.29) is 34.8 Å². The minimum Gasteiger partial charge on any atom is -0.490 e. The van der Waals surface area contributed by atoms with E-state index in [4.69, 9.17) is 19.2 Å². The Hall–Kier alpha value is -4.08. The lowest BCUT2D eigenvalue weighted by atomic mass is 9.61. The Morgan fingerprint density at radius 1 is 1.00 bits per heavy atom. The van der Waals surface area contributed by atoms with Crippen molar-refractivity contribution in [3.63, 3.8) is 0 Å². The molecule has 2 aliphatic carbocycles. The summed E-state index contributed by atoms with van der Waals surface area (Å²) < 4.78 is 60.2. The number of amides is 1. The van der Waals surface area contributed by atoms with Gasteiger partial charge in [0.1, 0.15) is 29.7 Å². The van der Waals surface area contributed by atoms with Gasteiger partial charge in [-0.05, 0) is 70.5 Å². The molecule has 0 N–H and O–H groups in total. The van der Waals surface area contributed by atoms with E-state index >= 15 is 0 Å². The summed E-state index contributed by atoms with van der Waals surface area (Å²) in [7, 11) is 0. The van der Waals surface area contributed by atoms with Crippen molar-refractivity contribution in [3.05, 3.63) is 59.4 Å². The molecule has 9 rings (SSSR count). The standard InChI is InChI=1S/C39H47F3N8O4/c1-25(2)50(27-13-39(41,42)14-27)36(51)29-12-26(40)4-5-32(29)54-35-34(44-24-45-46-35)49-20-37(21-49)15-28(16-37)53-33-6-8-43-31-7-11-47(17-30(31)33)9-3-10-48-18-38(19-48)22-52-23-38/h4-6,8,12,24-25,27-28H,3,7,9-11,13-23H2,1-2H3. The molecule has 1 amide bonds. The molecule has 4 aliphatic heterocycles. The van der Waals surface area contributed by atoms with Crippen molar-refractivity contribution in [1.29, 1.82) is 0 Å². The van der Waals surface area contributed by atoms with Crippen LogP contribution in [0.4, 0.5) is 19.0 Å². The molecule has 0 radical (unpaired) electrons. The van der Waals surface area contributed by atoms with Gasteiger partial charge < -0.3 is 28.9 Å². The molecular formula is C39H47F3N8O4. The molecule has 1 aromatic carbocycles. The van der Waals surface area contributed by atoms with Crippen LogP contribution in [0.15, 0.2) is 36.8 Å². The Kier molecular flexibility index (Phi) is 8.96. The van der Waals surface area contributed by atoms with E-state index in [1.54, 1.807) is 13.8 Å². The number of rotatable bonds is 12. The molecule has 0 atom stereocenters. The Morgan fingerprint density at radius 3 is 2.50 bits per heavy atom. The number of hydrogen-bond acceptors (Lipinski definition) is 11. The summed E-state index contributed by atoms with van der Waals surface area (Å²) in [5, 5.41) is 8.10. The van der Waals surface area contributed by atoms with Crippen molar-refractivity contribution in [1.82, 2.24) is 34.9 Å². The molecule has 2 spiro atoms. The number of hydrogen-bond donors (Lipinski definition) is 0. The molecule has 0 bridgehead atoms. The number of fused-ring (bicyclic) bond motifs is 1. The topological polar surface area (TPSA) is 109 Å². The molecule has 288 valence electrons. The van der Waals surface area contributed by atoms with Crippen molar-refractivity contribution < 1.29 is 32.2 Å². The van der Waals surface area contributed by atoms with Gasteiger partial charge in [-0.15, -0.1) is 10.2 Å². The fourth-order valence-corrected chi connectivity index (χ4v) is 9.45. The van der Waals surface area contributed by atoms with Crippen LogP contribution in [-0.4, -0.2) is 124 Å². The SMILES string of the molecule is CC(C)N(C(=O)c1cc(F)ccc1Oc1nncnc1N1CC2(CC(Oc3ccnc4c3CN(CCCN3CC5(COC5)C3)CC4)C2)C1)C1CC(F)(F)C1. The van der Waals surface area contributed by atoms with E-state index in [1.807, 2.05) is 12.3 Å². The van der Waals surface area contributed by atoms with Crippen LogP contribution < -0.4 is 14.4 Å². The molecule has 3 aromatic rings. The number of carbonyl (C=O) groups is 1. The Balaban J connectivity index is 0.801. The highest BCUT2D eigenvalue weighted by molar-refractivity contribution is 5.97. The average molecular weight is 749 g/mol. The van der Waals surface area contributed by atoms with Gasteiger partial charge in [-0.3, -0.25) is 14.7 Å². The maximum atomic E-state index is 14.5. The fourth-order valence-electron chi connectivity index (χ4n) is 9.45. The van der Waals surface area contributed by atoms with Crippen LogP contribution in [0.5, 0.6) is 17.4 Å². The van der Waals surface area contributed by atoms with Crippen LogP contribution in [-0.2, 0) is 17.7 Å². The largest absolute Gasteiger partial charge is 0.490 e. The number of halogens is 3. The van der Waals surface area contributed by atoms with Crippen LogP contribution >= 0.6 is 0 Å². The van der Waals surface area contributed by atoms with Gasteiger partial charge in [-0.25, -0.2) is 18.2 Å². The summed E-state index contributed by atoms with van der Waals surface area (Å²) in [6, 6.07) is 4.59. The van der Waals surface area contributed by atoms with Gasteiger partial charge in [0, 0.05) is 98.9 Å². The zero-order valence-electron chi connectivity index (χ0n) is 30.9. The molecule has 5 fully saturated rings. The third-order valence-corrected chi connectivity index (χ3v) is 12.2. The molecule has 2 aromatic heterocycles. The predicted octanol–water partition coefficient (Wildman–Crippen LogP) is 4.97. The Bertz CT molecular complexity index is 1880. The van der Waals surface area contributed by atoms with E-state index in [0.29, 0.717) is 11.2 Å². The average Bonchev–Trinajstić information content (AvgIpc) is 3.05. The molecule has 0 unspecified atom stereocenters. The van der Waals surface area contributed by atoms with Gasteiger partial charge in [0.2, 0.25) is 0 Å². The number of carbonyl (C=O) groups excluding carboxylic acids is 1. The predicted molar refractivity (Wildman–Crippen MR) is 191 cm³/mol. The highest BCUT2D eigenvalue weighted by atomic mass is 19.3. The van der Waals surface area contributed by atoms with E-state index in [1.165, 1.54) is 42.0 Å². The second-order valence-corrected chi connectivity index (χ2v) is 16.9. The zero-order chi connectivity index (χ0) is 37.2. The molecule has 12 nitrogen and oxygen atoms in total. The molecular weight excluding hydrogens is 701 g/mol. The number of likely N-dealkylation sites (tertiary alicyclic amines) is 1. The first-order valence-corrected chi connectivity index (χ1v) is 19.2. The molecule has 15 heteroatoms. The normalized spacial score (nSPS) is 22.8. The molecule has 6 heterocycles. The second-order valence-electron chi connectivity index (χ2n) is 16.9. The summed E-state index contributed by atoms with van der Waals surface area (Å²) in [6.45, 7) is 13.2. The van der Waals surface area contributed by atoms with E-state index in [9.17, 15) is 18.0 Å². The third kappa shape index (κ3) is 6.76. The Labute approximate surface area is 313 Å². The number of pyridine rings is 1. The van der Waals surface area contributed by atoms with Gasteiger partial charge in [-0.1, -0.05) is 0 Å². The van der Waals surface area contributed by atoms with E-state index in [0.717, 1.165) is 95.7 Å². The van der Waals surface area contributed by atoms with Crippen LogP contribution in [0.2, 0.25) is 0 Å². The summed E-state index contributed by atoms with van der Waals surface area (Å²) in [6.07, 6.45) is 6.36. The Morgan fingerprint density at radius 2 is 1.78 bits per heavy atom.